The van der Waals surface area contributed by atoms with E-state index in [4.69, 9.17) is 0 Å². The molecule has 6 atom stereocenters. The number of fused-ring (bicyclic) bond motifs is 2. The summed E-state index contributed by atoms with van der Waals surface area (Å²) < 4.78 is 0. The zero-order valence-electron chi connectivity index (χ0n) is 15.5. The minimum absolute atomic E-state index is 0.571. The molecule has 3 fully saturated rings. The van der Waals surface area contributed by atoms with Crippen LogP contribution in [0.3, 0.4) is 0 Å². The molecule has 126 valence electrons. The van der Waals surface area contributed by atoms with Gasteiger partial charge in [0.15, 0.2) is 0 Å². The lowest BCUT2D eigenvalue weighted by Crippen LogP contribution is -2.46. The van der Waals surface area contributed by atoms with Crippen LogP contribution in [0.2, 0.25) is 0 Å². The molecule has 3 aliphatic carbocycles. The van der Waals surface area contributed by atoms with Gasteiger partial charge in [0.2, 0.25) is 0 Å². The third-order valence-corrected chi connectivity index (χ3v) is 7.64. The molecule has 3 rings (SSSR count). The highest BCUT2D eigenvalue weighted by atomic mass is 14.6. The Hall–Kier alpha value is -0.260. The smallest absolute Gasteiger partial charge is 0.0197 e. The van der Waals surface area contributed by atoms with Gasteiger partial charge in [0.05, 0.1) is 0 Å². The molecule has 0 aromatic rings. The predicted octanol–water partition coefficient (Wildman–Crippen LogP) is 6.86. The Morgan fingerprint density at radius 3 is 2.41 bits per heavy atom. The summed E-state index contributed by atoms with van der Waals surface area (Å²) in [6.07, 6.45) is 18.2. The number of hydrogen-bond acceptors (Lipinski definition) is 0. The molecular weight excluding hydrogens is 264 g/mol. The molecule has 0 nitrogen and oxygen atoms in total. The Balaban J connectivity index is 1.80. The molecule has 3 saturated carbocycles. The molecule has 0 radical (unpaired) electrons. The van der Waals surface area contributed by atoms with Gasteiger partial charge in [-0.3, -0.25) is 0 Å². The lowest BCUT2D eigenvalue weighted by atomic mass is 9.52. The van der Waals surface area contributed by atoms with Crippen molar-refractivity contribution in [2.24, 2.45) is 40.9 Å². The van der Waals surface area contributed by atoms with E-state index in [-0.39, 0.29) is 0 Å². The first-order chi connectivity index (χ1) is 10.6. The van der Waals surface area contributed by atoms with E-state index < -0.39 is 0 Å². The van der Waals surface area contributed by atoms with Gasteiger partial charge in [-0.25, -0.2) is 0 Å². The Morgan fingerprint density at radius 2 is 1.68 bits per heavy atom. The molecule has 0 saturated heterocycles. The molecule has 3 aliphatic rings. The topological polar surface area (TPSA) is 0 Å². The van der Waals surface area contributed by atoms with Crippen LogP contribution < -0.4 is 0 Å². The van der Waals surface area contributed by atoms with Crippen LogP contribution in [0.4, 0.5) is 0 Å². The lowest BCUT2D eigenvalue weighted by molar-refractivity contribution is -0.0346. The van der Waals surface area contributed by atoms with Gasteiger partial charge in [-0.2, -0.15) is 0 Å². The van der Waals surface area contributed by atoms with Crippen LogP contribution in [0.1, 0.15) is 85.5 Å². The van der Waals surface area contributed by atoms with Gasteiger partial charge in [-0.1, -0.05) is 59.1 Å². The van der Waals surface area contributed by atoms with Crippen LogP contribution in [0, 0.1) is 40.9 Å². The van der Waals surface area contributed by atoms with Gasteiger partial charge in [-0.05, 0) is 79.4 Å². The van der Waals surface area contributed by atoms with Crippen LogP contribution in [0.15, 0.2) is 12.2 Å². The molecule has 22 heavy (non-hydrogen) atoms. The van der Waals surface area contributed by atoms with Crippen LogP contribution in [-0.2, 0) is 0 Å². The van der Waals surface area contributed by atoms with Crippen molar-refractivity contribution >= 4 is 0 Å². The summed E-state index contributed by atoms with van der Waals surface area (Å²) in [5.74, 6) is 6.01. The third kappa shape index (κ3) is 2.80. The second-order valence-electron chi connectivity index (χ2n) is 9.19. The second kappa shape index (κ2) is 6.70. The normalized spacial score (nSPS) is 43.5. The number of rotatable bonds is 5. The van der Waals surface area contributed by atoms with Crippen molar-refractivity contribution < 1.29 is 0 Å². The maximum Gasteiger partial charge on any atom is -0.0197 e. The standard InChI is InChI=1S/C22H38/c1-5-7-9-16-11-13-18-15-19-14-12-17(10-8-6-2)21(19)22(3,4)20(16)18/h7,9,16-21H,5-6,8,10-15H2,1-4H3/t16-,17+,18-,19+,20-,21+/m0/s1. The maximum absolute atomic E-state index is 2.66. The van der Waals surface area contributed by atoms with Crippen molar-refractivity contribution in [2.75, 3.05) is 0 Å². The van der Waals surface area contributed by atoms with E-state index in [1.807, 2.05) is 0 Å². The van der Waals surface area contributed by atoms with Gasteiger partial charge < -0.3 is 0 Å². The molecule has 0 spiro atoms. The molecule has 0 aromatic carbocycles. The van der Waals surface area contributed by atoms with E-state index in [0.29, 0.717) is 5.41 Å². The fourth-order valence-corrected chi connectivity index (χ4v) is 7.12. The molecule has 0 unspecified atom stereocenters. The first-order valence-electron chi connectivity index (χ1n) is 10.3. The highest BCUT2D eigenvalue weighted by Gasteiger charge is 2.57. The summed E-state index contributed by atoms with van der Waals surface area (Å²) in [5, 5.41) is 0. The fourth-order valence-electron chi connectivity index (χ4n) is 7.12. The highest BCUT2D eigenvalue weighted by molar-refractivity contribution is 5.10. The number of allylic oxidation sites excluding steroid dienone is 2. The first-order valence-corrected chi connectivity index (χ1v) is 10.3. The molecule has 0 heterocycles. The largest absolute Gasteiger partial charge is 0.0885 e. The van der Waals surface area contributed by atoms with Crippen LogP contribution in [0.25, 0.3) is 0 Å². The Morgan fingerprint density at radius 1 is 0.955 bits per heavy atom. The molecule has 0 bridgehead atoms. The quantitative estimate of drug-likeness (QED) is 0.487. The monoisotopic (exact) mass is 302 g/mol. The first kappa shape index (κ1) is 16.6. The average Bonchev–Trinajstić information content (AvgIpc) is 3.08. The molecule has 0 aliphatic heterocycles. The summed E-state index contributed by atoms with van der Waals surface area (Å²) in [4.78, 5) is 0. The molecule has 0 amide bonds. The summed E-state index contributed by atoms with van der Waals surface area (Å²) in [5.41, 5.74) is 0.571. The van der Waals surface area contributed by atoms with Crippen molar-refractivity contribution in [3.05, 3.63) is 12.2 Å². The van der Waals surface area contributed by atoms with Crippen molar-refractivity contribution in [3.63, 3.8) is 0 Å². The lowest BCUT2D eigenvalue weighted by Gasteiger charge is -2.52. The molecular formula is C22H38. The van der Waals surface area contributed by atoms with Crippen LogP contribution in [-0.4, -0.2) is 0 Å². The highest BCUT2D eigenvalue weighted by Crippen LogP contribution is 2.64. The summed E-state index contributed by atoms with van der Waals surface area (Å²) in [7, 11) is 0. The van der Waals surface area contributed by atoms with E-state index in [2.05, 4.69) is 39.8 Å². The predicted molar refractivity (Wildman–Crippen MR) is 96.8 cm³/mol. The van der Waals surface area contributed by atoms with Gasteiger partial charge >= 0.3 is 0 Å². The number of unbranched alkanes of at least 4 members (excludes halogenated alkanes) is 1. The minimum atomic E-state index is 0.571. The molecule has 0 aromatic heterocycles. The summed E-state index contributed by atoms with van der Waals surface area (Å²) >= 11 is 0. The van der Waals surface area contributed by atoms with Gasteiger partial charge in [0.1, 0.15) is 0 Å². The Kier molecular flexibility index (Phi) is 5.05. The van der Waals surface area contributed by atoms with Gasteiger partial charge in [0.25, 0.3) is 0 Å². The minimum Gasteiger partial charge on any atom is -0.0885 e. The Labute approximate surface area is 139 Å². The molecule has 0 N–H and O–H groups in total. The third-order valence-electron chi connectivity index (χ3n) is 7.64. The van der Waals surface area contributed by atoms with Crippen molar-refractivity contribution in [2.45, 2.75) is 85.5 Å². The maximum atomic E-state index is 2.66. The van der Waals surface area contributed by atoms with Crippen molar-refractivity contribution in [3.8, 4) is 0 Å². The fraction of sp³-hybridized carbons (Fsp3) is 0.909. The van der Waals surface area contributed by atoms with Crippen LogP contribution in [0.5, 0.6) is 0 Å². The Bertz CT molecular complexity index is 391. The van der Waals surface area contributed by atoms with E-state index in [0.717, 1.165) is 35.5 Å². The van der Waals surface area contributed by atoms with E-state index in [1.54, 1.807) is 12.8 Å². The summed E-state index contributed by atoms with van der Waals surface area (Å²) in [6, 6.07) is 0. The summed E-state index contributed by atoms with van der Waals surface area (Å²) in [6.45, 7) is 9.95. The van der Waals surface area contributed by atoms with E-state index >= 15 is 0 Å². The SMILES string of the molecule is CCC=C[C@H]1CC[C@H]2C[C@H]3CC[C@@H](CCCC)[C@H]3C(C)(C)[C@H]21. The molecule has 0 heteroatoms. The number of hydrogen-bond donors (Lipinski definition) is 0. The van der Waals surface area contributed by atoms with E-state index in [9.17, 15) is 0 Å². The van der Waals surface area contributed by atoms with Gasteiger partial charge in [-0.15, -0.1) is 0 Å². The average molecular weight is 303 g/mol. The zero-order chi connectivity index (χ0) is 15.7. The van der Waals surface area contributed by atoms with Gasteiger partial charge in [0, 0.05) is 0 Å². The zero-order valence-corrected chi connectivity index (χ0v) is 15.5. The second-order valence-corrected chi connectivity index (χ2v) is 9.19. The van der Waals surface area contributed by atoms with Crippen molar-refractivity contribution in [1.82, 2.24) is 0 Å². The van der Waals surface area contributed by atoms with Crippen LogP contribution >= 0.6 is 0 Å². The van der Waals surface area contributed by atoms with E-state index in [1.165, 1.54) is 44.9 Å². The van der Waals surface area contributed by atoms with Crippen molar-refractivity contribution in [1.29, 1.82) is 0 Å².